The van der Waals surface area contributed by atoms with Gasteiger partial charge < -0.3 is 9.47 Å². The van der Waals surface area contributed by atoms with Gasteiger partial charge in [0.1, 0.15) is 11.3 Å². The van der Waals surface area contributed by atoms with Crippen LogP contribution in [0.1, 0.15) is 50.4 Å². The minimum absolute atomic E-state index is 0.0526. The molecule has 0 aliphatic heterocycles. The van der Waals surface area contributed by atoms with E-state index < -0.39 is 18.5 Å². The SMILES string of the molecule is CC(C)[C@H]1CC[C@@H](C)C[C@@H]1OC(=O)COC(=O)c1cccnc1Cl. The maximum atomic E-state index is 12.1. The van der Waals surface area contributed by atoms with Crippen LogP contribution in [0.2, 0.25) is 5.15 Å². The number of carbonyl (C=O) groups excluding carboxylic acids is 2. The number of rotatable bonds is 5. The highest BCUT2D eigenvalue weighted by Gasteiger charge is 2.33. The van der Waals surface area contributed by atoms with Gasteiger partial charge in [-0.3, -0.25) is 0 Å². The van der Waals surface area contributed by atoms with Crippen molar-refractivity contribution in [3.8, 4) is 0 Å². The predicted octanol–water partition coefficient (Wildman–Crippen LogP) is 3.90. The number of hydrogen-bond donors (Lipinski definition) is 0. The molecular formula is C18H24ClNO4. The summed E-state index contributed by atoms with van der Waals surface area (Å²) in [5.74, 6) is 0.144. The van der Waals surface area contributed by atoms with Crippen LogP contribution in [0.15, 0.2) is 18.3 Å². The zero-order valence-corrected chi connectivity index (χ0v) is 15.1. The normalized spacial score (nSPS) is 23.8. The molecule has 1 heterocycles. The first-order valence-corrected chi connectivity index (χ1v) is 8.73. The van der Waals surface area contributed by atoms with E-state index in [1.807, 2.05) is 0 Å². The lowest BCUT2D eigenvalue weighted by molar-refractivity contribution is -0.159. The minimum Gasteiger partial charge on any atom is -0.460 e. The van der Waals surface area contributed by atoms with Gasteiger partial charge in [0.2, 0.25) is 0 Å². The fraction of sp³-hybridized carbons (Fsp3) is 0.611. The Kier molecular flexibility index (Phi) is 6.60. The Morgan fingerprint density at radius 1 is 1.38 bits per heavy atom. The van der Waals surface area contributed by atoms with Gasteiger partial charge in [0, 0.05) is 6.20 Å². The number of esters is 2. The first-order chi connectivity index (χ1) is 11.4. The molecule has 3 atom stereocenters. The van der Waals surface area contributed by atoms with E-state index in [4.69, 9.17) is 21.1 Å². The van der Waals surface area contributed by atoms with Crippen LogP contribution in [0, 0.1) is 17.8 Å². The lowest BCUT2D eigenvalue weighted by Crippen LogP contribution is -2.36. The number of pyridine rings is 1. The molecule has 6 heteroatoms. The lowest BCUT2D eigenvalue weighted by atomic mass is 9.75. The Morgan fingerprint density at radius 2 is 2.12 bits per heavy atom. The average Bonchev–Trinajstić information content (AvgIpc) is 2.53. The van der Waals surface area contributed by atoms with Gasteiger partial charge in [-0.05, 0) is 42.7 Å². The Hall–Kier alpha value is -1.62. The van der Waals surface area contributed by atoms with Crippen molar-refractivity contribution in [2.45, 2.75) is 46.1 Å². The summed E-state index contributed by atoms with van der Waals surface area (Å²) in [5, 5.41) is 0.0526. The number of ether oxygens (including phenoxy) is 2. The van der Waals surface area contributed by atoms with E-state index in [0.29, 0.717) is 17.8 Å². The molecule has 1 aromatic rings. The van der Waals surface area contributed by atoms with Crippen LogP contribution in [-0.2, 0) is 14.3 Å². The van der Waals surface area contributed by atoms with Crippen LogP contribution in [0.5, 0.6) is 0 Å². The van der Waals surface area contributed by atoms with Gasteiger partial charge in [-0.2, -0.15) is 0 Å². The van der Waals surface area contributed by atoms with Crippen molar-refractivity contribution >= 4 is 23.5 Å². The van der Waals surface area contributed by atoms with Crippen LogP contribution in [0.4, 0.5) is 0 Å². The van der Waals surface area contributed by atoms with E-state index in [9.17, 15) is 9.59 Å². The molecule has 0 spiro atoms. The highest BCUT2D eigenvalue weighted by molar-refractivity contribution is 6.32. The number of hydrogen-bond acceptors (Lipinski definition) is 5. The van der Waals surface area contributed by atoms with Crippen molar-refractivity contribution in [2.75, 3.05) is 6.61 Å². The van der Waals surface area contributed by atoms with E-state index >= 15 is 0 Å². The van der Waals surface area contributed by atoms with Gasteiger partial charge in [-0.15, -0.1) is 0 Å². The second-order valence-electron chi connectivity index (χ2n) is 6.77. The standard InChI is InChI=1S/C18H24ClNO4/c1-11(2)13-7-6-12(3)9-15(13)24-16(21)10-23-18(22)14-5-4-8-20-17(14)19/h4-5,8,11-13,15H,6-7,9-10H2,1-3H3/t12-,13-,15+/m1/s1. The zero-order valence-electron chi connectivity index (χ0n) is 14.3. The Morgan fingerprint density at radius 3 is 2.79 bits per heavy atom. The molecule has 132 valence electrons. The Bertz CT molecular complexity index is 590. The monoisotopic (exact) mass is 353 g/mol. The smallest absolute Gasteiger partial charge is 0.344 e. The van der Waals surface area contributed by atoms with Gasteiger partial charge in [-0.25, -0.2) is 14.6 Å². The molecule has 1 aliphatic rings. The average molecular weight is 354 g/mol. The van der Waals surface area contributed by atoms with Crippen molar-refractivity contribution < 1.29 is 19.1 Å². The summed E-state index contributed by atoms with van der Waals surface area (Å²) in [4.78, 5) is 27.8. The van der Waals surface area contributed by atoms with E-state index in [1.165, 1.54) is 12.3 Å². The van der Waals surface area contributed by atoms with Crippen LogP contribution >= 0.6 is 11.6 Å². The summed E-state index contributed by atoms with van der Waals surface area (Å²) >= 11 is 5.83. The second kappa shape index (κ2) is 8.47. The summed E-state index contributed by atoms with van der Waals surface area (Å²) in [7, 11) is 0. The van der Waals surface area contributed by atoms with Gasteiger partial charge >= 0.3 is 11.9 Å². The molecule has 1 saturated carbocycles. The molecule has 1 aromatic heterocycles. The van der Waals surface area contributed by atoms with Crippen molar-refractivity contribution in [2.24, 2.45) is 17.8 Å². The topological polar surface area (TPSA) is 65.5 Å². The largest absolute Gasteiger partial charge is 0.460 e. The minimum atomic E-state index is -0.678. The molecule has 24 heavy (non-hydrogen) atoms. The molecule has 0 radical (unpaired) electrons. The summed E-state index contributed by atoms with van der Waals surface area (Å²) < 4.78 is 10.6. The van der Waals surface area contributed by atoms with Crippen molar-refractivity contribution in [1.29, 1.82) is 0 Å². The number of halogens is 1. The van der Waals surface area contributed by atoms with Gasteiger partial charge in [0.15, 0.2) is 6.61 Å². The van der Waals surface area contributed by atoms with Crippen molar-refractivity contribution in [3.63, 3.8) is 0 Å². The number of carbonyl (C=O) groups is 2. The van der Waals surface area contributed by atoms with E-state index in [0.717, 1.165) is 19.3 Å². The first-order valence-electron chi connectivity index (χ1n) is 8.35. The van der Waals surface area contributed by atoms with E-state index in [-0.39, 0.29) is 16.8 Å². The van der Waals surface area contributed by atoms with Crippen LogP contribution in [-0.4, -0.2) is 29.6 Å². The molecule has 1 aliphatic carbocycles. The van der Waals surface area contributed by atoms with Crippen molar-refractivity contribution in [1.82, 2.24) is 4.98 Å². The molecule has 1 fully saturated rings. The fourth-order valence-electron chi connectivity index (χ4n) is 3.19. The van der Waals surface area contributed by atoms with Crippen LogP contribution < -0.4 is 0 Å². The predicted molar refractivity (Wildman–Crippen MR) is 90.8 cm³/mol. The number of aromatic nitrogens is 1. The summed E-state index contributed by atoms with van der Waals surface area (Å²) in [6, 6.07) is 3.08. The Balaban J connectivity index is 1.88. The summed E-state index contributed by atoms with van der Waals surface area (Å²) in [5.41, 5.74) is 0.137. The quantitative estimate of drug-likeness (QED) is 0.593. The second-order valence-corrected chi connectivity index (χ2v) is 7.13. The first kappa shape index (κ1) is 18.7. The molecule has 0 unspecified atom stereocenters. The van der Waals surface area contributed by atoms with E-state index in [2.05, 4.69) is 25.8 Å². The molecule has 0 saturated heterocycles. The van der Waals surface area contributed by atoms with Crippen molar-refractivity contribution in [3.05, 3.63) is 29.0 Å². The molecule has 0 N–H and O–H groups in total. The van der Waals surface area contributed by atoms with Crippen LogP contribution in [0.25, 0.3) is 0 Å². The zero-order chi connectivity index (χ0) is 17.7. The fourth-order valence-corrected chi connectivity index (χ4v) is 3.39. The molecule has 2 rings (SSSR count). The molecule has 0 aromatic carbocycles. The molecular weight excluding hydrogens is 330 g/mol. The van der Waals surface area contributed by atoms with Gasteiger partial charge in [-0.1, -0.05) is 38.8 Å². The van der Waals surface area contributed by atoms with Gasteiger partial charge in [0.25, 0.3) is 0 Å². The maximum absolute atomic E-state index is 12.1. The third kappa shape index (κ3) is 4.94. The molecule has 0 amide bonds. The summed E-state index contributed by atoms with van der Waals surface area (Å²) in [6.07, 6.45) is 4.44. The maximum Gasteiger partial charge on any atom is 0.344 e. The van der Waals surface area contributed by atoms with Gasteiger partial charge in [0.05, 0.1) is 5.56 Å². The third-order valence-corrected chi connectivity index (χ3v) is 4.85. The number of nitrogens with zero attached hydrogens (tertiary/aromatic N) is 1. The third-order valence-electron chi connectivity index (χ3n) is 4.54. The molecule has 5 nitrogen and oxygen atoms in total. The lowest BCUT2D eigenvalue weighted by Gasteiger charge is -2.36. The highest BCUT2D eigenvalue weighted by Crippen LogP contribution is 2.35. The highest BCUT2D eigenvalue weighted by atomic mass is 35.5. The van der Waals surface area contributed by atoms with E-state index in [1.54, 1.807) is 6.07 Å². The Labute approximate surface area is 147 Å². The molecule has 0 bridgehead atoms. The summed E-state index contributed by atoms with van der Waals surface area (Å²) in [6.45, 7) is 6.04. The van der Waals surface area contributed by atoms with Crippen LogP contribution in [0.3, 0.4) is 0 Å².